The standard InChI is InChI=1S/C20H36N6O/c1-19(2,3)17-15-25(23-21-17)11-7-9-13-27-14-10-8-12-26-16-18(22-24-26)20(4,5)6/h15-16H,7-14H2,1-6H3. The predicted molar refractivity (Wildman–Crippen MR) is 107 cm³/mol. The Bertz CT molecular complexity index is 619. The molecule has 152 valence electrons. The molecule has 0 N–H and O–H groups in total. The molecule has 0 saturated carbocycles. The topological polar surface area (TPSA) is 70.7 Å². The van der Waals surface area contributed by atoms with E-state index >= 15 is 0 Å². The molecule has 2 heterocycles. The SMILES string of the molecule is CC(C)(C)c1cn(CCCCOCCCCn2cc(C(C)(C)C)nn2)nn1. The number of rotatable bonds is 10. The van der Waals surface area contributed by atoms with Crippen LogP contribution in [0.15, 0.2) is 12.4 Å². The predicted octanol–water partition coefficient (Wildman–Crippen LogP) is 3.74. The molecule has 0 saturated heterocycles. The van der Waals surface area contributed by atoms with E-state index in [0.29, 0.717) is 0 Å². The third-order valence-electron chi connectivity index (χ3n) is 4.47. The van der Waals surface area contributed by atoms with Gasteiger partial charge in [0, 0.05) is 49.5 Å². The van der Waals surface area contributed by atoms with Crippen LogP contribution in [0.25, 0.3) is 0 Å². The van der Waals surface area contributed by atoms with Gasteiger partial charge in [0.2, 0.25) is 0 Å². The van der Waals surface area contributed by atoms with E-state index in [4.69, 9.17) is 4.74 Å². The van der Waals surface area contributed by atoms with E-state index in [1.807, 2.05) is 9.36 Å². The second kappa shape index (κ2) is 9.44. The van der Waals surface area contributed by atoms with Crippen LogP contribution < -0.4 is 0 Å². The molecule has 7 nitrogen and oxygen atoms in total. The van der Waals surface area contributed by atoms with Crippen molar-refractivity contribution in [3.63, 3.8) is 0 Å². The van der Waals surface area contributed by atoms with E-state index in [1.165, 1.54) is 0 Å². The molecule has 0 aliphatic heterocycles. The minimum Gasteiger partial charge on any atom is -0.381 e. The van der Waals surface area contributed by atoms with Crippen LogP contribution in [0.3, 0.4) is 0 Å². The lowest BCUT2D eigenvalue weighted by Gasteiger charge is -2.12. The van der Waals surface area contributed by atoms with E-state index in [9.17, 15) is 0 Å². The minimum atomic E-state index is 0.0574. The largest absolute Gasteiger partial charge is 0.381 e. The zero-order valence-electron chi connectivity index (χ0n) is 17.9. The monoisotopic (exact) mass is 376 g/mol. The lowest BCUT2D eigenvalue weighted by Crippen LogP contribution is -2.11. The molecule has 0 aliphatic rings. The average molecular weight is 377 g/mol. The second-order valence-corrected chi connectivity index (χ2v) is 9.26. The Labute approximate surface area is 163 Å². The van der Waals surface area contributed by atoms with Crippen LogP contribution in [-0.4, -0.2) is 43.2 Å². The Kier molecular flexibility index (Phi) is 7.53. The van der Waals surface area contributed by atoms with Crippen molar-refractivity contribution in [1.29, 1.82) is 0 Å². The first-order valence-corrected chi connectivity index (χ1v) is 10.1. The zero-order chi connectivity index (χ0) is 19.9. The molecule has 0 aliphatic carbocycles. The third-order valence-corrected chi connectivity index (χ3v) is 4.47. The molecule has 0 aromatic carbocycles. The first-order valence-electron chi connectivity index (χ1n) is 10.1. The number of unbranched alkanes of at least 4 members (excludes halogenated alkanes) is 2. The summed E-state index contributed by atoms with van der Waals surface area (Å²) in [6.07, 6.45) is 8.31. The van der Waals surface area contributed by atoms with Gasteiger partial charge in [-0.1, -0.05) is 52.0 Å². The number of ether oxygens (including phenoxy) is 1. The van der Waals surface area contributed by atoms with Gasteiger partial charge in [0.25, 0.3) is 0 Å². The fraction of sp³-hybridized carbons (Fsp3) is 0.800. The van der Waals surface area contributed by atoms with Crippen LogP contribution in [0.1, 0.15) is 78.6 Å². The normalized spacial score (nSPS) is 12.7. The summed E-state index contributed by atoms with van der Waals surface area (Å²) in [7, 11) is 0. The lowest BCUT2D eigenvalue weighted by molar-refractivity contribution is 0.124. The van der Waals surface area contributed by atoms with Gasteiger partial charge < -0.3 is 4.74 Å². The Hall–Kier alpha value is -1.76. The van der Waals surface area contributed by atoms with Gasteiger partial charge in [0.05, 0.1) is 11.4 Å². The van der Waals surface area contributed by atoms with E-state index in [2.05, 4.69) is 74.6 Å². The Balaban J connectivity index is 1.49. The fourth-order valence-corrected chi connectivity index (χ4v) is 2.56. The van der Waals surface area contributed by atoms with Crippen LogP contribution in [0.4, 0.5) is 0 Å². The summed E-state index contributed by atoms with van der Waals surface area (Å²) in [5.41, 5.74) is 2.20. The Morgan fingerprint density at radius 1 is 0.704 bits per heavy atom. The Morgan fingerprint density at radius 2 is 1.11 bits per heavy atom. The molecule has 27 heavy (non-hydrogen) atoms. The van der Waals surface area contributed by atoms with Crippen molar-refractivity contribution in [1.82, 2.24) is 30.0 Å². The first-order chi connectivity index (χ1) is 12.7. The molecule has 0 amide bonds. The van der Waals surface area contributed by atoms with Gasteiger partial charge >= 0.3 is 0 Å². The number of aromatic nitrogens is 6. The number of hydrogen-bond acceptors (Lipinski definition) is 5. The number of aryl methyl sites for hydroxylation is 2. The second-order valence-electron chi connectivity index (χ2n) is 9.26. The highest BCUT2D eigenvalue weighted by Gasteiger charge is 2.18. The highest BCUT2D eigenvalue weighted by Crippen LogP contribution is 2.19. The maximum absolute atomic E-state index is 5.74. The van der Waals surface area contributed by atoms with Crippen molar-refractivity contribution in [2.24, 2.45) is 0 Å². The van der Waals surface area contributed by atoms with Crippen LogP contribution in [0, 0.1) is 0 Å². The van der Waals surface area contributed by atoms with Gasteiger partial charge in [0.1, 0.15) is 0 Å². The highest BCUT2D eigenvalue weighted by molar-refractivity contribution is 5.06. The molecule has 7 heteroatoms. The molecular formula is C20H36N6O. The zero-order valence-corrected chi connectivity index (χ0v) is 17.9. The van der Waals surface area contributed by atoms with Gasteiger partial charge in [-0.3, -0.25) is 9.36 Å². The lowest BCUT2D eigenvalue weighted by atomic mass is 9.93. The van der Waals surface area contributed by atoms with Crippen LogP contribution in [0.2, 0.25) is 0 Å². The average Bonchev–Trinajstić information content (AvgIpc) is 3.21. The van der Waals surface area contributed by atoms with Gasteiger partial charge in [-0.2, -0.15) is 0 Å². The maximum Gasteiger partial charge on any atom is 0.0880 e. The summed E-state index contributed by atoms with van der Waals surface area (Å²) in [5.74, 6) is 0. The smallest absolute Gasteiger partial charge is 0.0880 e. The summed E-state index contributed by atoms with van der Waals surface area (Å²) >= 11 is 0. The number of nitrogens with zero attached hydrogens (tertiary/aromatic N) is 6. The quantitative estimate of drug-likeness (QED) is 0.591. The third kappa shape index (κ3) is 7.40. The summed E-state index contributed by atoms with van der Waals surface area (Å²) in [6, 6.07) is 0. The van der Waals surface area contributed by atoms with Gasteiger partial charge in [-0.15, -0.1) is 10.2 Å². The van der Waals surface area contributed by atoms with Crippen molar-refractivity contribution in [3.8, 4) is 0 Å². The van der Waals surface area contributed by atoms with E-state index in [0.717, 1.165) is 63.4 Å². The van der Waals surface area contributed by atoms with Crippen molar-refractivity contribution in [2.45, 2.75) is 91.1 Å². The van der Waals surface area contributed by atoms with Crippen LogP contribution in [0.5, 0.6) is 0 Å². The highest BCUT2D eigenvalue weighted by atomic mass is 16.5. The molecule has 2 aromatic rings. The van der Waals surface area contributed by atoms with Crippen molar-refractivity contribution < 1.29 is 4.74 Å². The molecule has 2 rings (SSSR count). The molecule has 0 bridgehead atoms. The van der Waals surface area contributed by atoms with Crippen molar-refractivity contribution >= 4 is 0 Å². The maximum atomic E-state index is 5.74. The summed E-state index contributed by atoms with van der Waals surface area (Å²) in [6.45, 7) is 16.3. The number of hydrogen-bond donors (Lipinski definition) is 0. The van der Waals surface area contributed by atoms with Crippen molar-refractivity contribution in [3.05, 3.63) is 23.8 Å². The minimum absolute atomic E-state index is 0.0574. The molecule has 0 fully saturated rings. The van der Waals surface area contributed by atoms with Gasteiger partial charge in [0.15, 0.2) is 0 Å². The molecule has 0 unspecified atom stereocenters. The molecule has 0 radical (unpaired) electrons. The van der Waals surface area contributed by atoms with Crippen LogP contribution >= 0.6 is 0 Å². The van der Waals surface area contributed by atoms with E-state index in [1.54, 1.807) is 0 Å². The molecule has 0 spiro atoms. The van der Waals surface area contributed by atoms with Gasteiger partial charge in [-0.05, 0) is 25.7 Å². The molecular weight excluding hydrogens is 340 g/mol. The van der Waals surface area contributed by atoms with Crippen molar-refractivity contribution in [2.75, 3.05) is 13.2 Å². The first kappa shape index (κ1) is 21.5. The summed E-state index contributed by atoms with van der Waals surface area (Å²) in [5, 5.41) is 16.9. The molecule has 2 aromatic heterocycles. The van der Waals surface area contributed by atoms with E-state index in [-0.39, 0.29) is 10.8 Å². The van der Waals surface area contributed by atoms with E-state index < -0.39 is 0 Å². The van der Waals surface area contributed by atoms with Gasteiger partial charge in [-0.25, -0.2) is 0 Å². The summed E-state index contributed by atoms with van der Waals surface area (Å²) < 4.78 is 9.61. The molecule has 0 atom stereocenters. The van der Waals surface area contributed by atoms with Crippen LogP contribution in [-0.2, 0) is 28.7 Å². The summed E-state index contributed by atoms with van der Waals surface area (Å²) in [4.78, 5) is 0. The fourth-order valence-electron chi connectivity index (χ4n) is 2.56. The Morgan fingerprint density at radius 3 is 1.44 bits per heavy atom.